The highest BCUT2D eigenvalue weighted by Gasteiger charge is 2.55. The van der Waals surface area contributed by atoms with Crippen molar-refractivity contribution in [2.45, 2.75) is 25.3 Å². The lowest BCUT2D eigenvalue weighted by molar-refractivity contribution is -0.259. The largest absolute Gasteiger partial charge is 0.509 e. The number of nitrogens with zero attached hydrogens (tertiary/aromatic N) is 2. The van der Waals surface area contributed by atoms with Crippen LogP contribution in [0.4, 0.5) is 0 Å². The van der Waals surface area contributed by atoms with Gasteiger partial charge in [0.25, 0.3) is 5.91 Å². The van der Waals surface area contributed by atoms with Crippen LogP contribution >= 0.6 is 15.9 Å². The molecule has 0 saturated carbocycles. The Morgan fingerprint density at radius 2 is 1.96 bits per heavy atom. The minimum absolute atomic E-state index is 0.0514. The lowest BCUT2D eigenvalue weighted by Crippen LogP contribution is -2.55. The number of hydrogen-bond acceptors (Lipinski definition) is 6. The van der Waals surface area contributed by atoms with Crippen molar-refractivity contribution in [3.63, 3.8) is 0 Å². The van der Waals surface area contributed by atoms with Gasteiger partial charge >= 0.3 is 0 Å². The van der Waals surface area contributed by atoms with Gasteiger partial charge in [-0.05, 0) is 43.0 Å². The van der Waals surface area contributed by atoms with Gasteiger partial charge in [0, 0.05) is 24.7 Å². The Morgan fingerprint density at radius 1 is 1.27 bits per heavy atom. The zero-order valence-corrected chi connectivity index (χ0v) is 16.7. The van der Waals surface area contributed by atoms with Crippen LogP contribution in [0.2, 0.25) is 0 Å². The maximum Gasteiger partial charge on any atom is 0.282 e. The predicted octanol–water partition coefficient (Wildman–Crippen LogP) is 2.80. The number of aliphatic hydroxyl groups excluding tert-OH is 1. The second-order valence-corrected chi connectivity index (χ2v) is 7.38. The van der Waals surface area contributed by atoms with Crippen LogP contribution in [0.5, 0.6) is 0 Å². The van der Waals surface area contributed by atoms with Crippen LogP contribution in [0.3, 0.4) is 0 Å². The number of amides is 1. The first-order chi connectivity index (χ1) is 12.4. The lowest BCUT2D eigenvalue weighted by Gasteiger charge is -2.42. The van der Waals surface area contributed by atoms with Crippen LogP contribution in [0, 0.1) is 6.92 Å². The average molecular weight is 427 g/mol. The molecule has 0 radical (unpaired) electrons. The molecule has 0 aromatic heterocycles. The summed E-state index contributed by atoms with van der Waals surface area (Å²) >= 11 is 3.44. The van der Waals surface area contributed by atoms with E-state index in [1.54, 1.807) is 12.2 Å². The van der Waals surface area contributed by atoms with E-state index in [1.807, 2.05) is 25.1 Å². The van der Waals surface area contributed by atoms with Crippen molar-refractivity contribution in [1.82, 2.24) is 10.1 Å². The molecular weight excluding hydrogens is 404 g/mol. The number of carbonyl (C=O) groups excluding carboxylic acids is 1. The van der Waals surface area contributed by atoms with E-state index in [9.17, 15) is 9.90 Å². The number of methoxy groups -OCH3 is 1. The van der Waals surface area contributed by atoms with Crippen LogP contribution in [0.1, 0.15) is 24.0 Å². The SMILES string of the molecule is COCON1C(=O)C(c2cc(Br)ccc2C)=C(O)C12CCN(OC)CC2. The van der Waals surface area contributed by atoms with Gasteiger partial charge < -0.3 is 14.7 Å². The lowest BCUT2D eigenvalue weighted by atomic mass is 9.85. The summed E-state index contributed by atoms with van der Waals surface area (Å²) in [5.74, 6) is -0.304. The molecule has 1 aromatic carbocycles. The first-order valence-corrected chi connectivity index (χ1v) is 9.19. The molecule has 1 saturated heterocycles. The Bertz CT molecular complexity index is 728. The fraction of sp³-hybridized carbons (Fsp3) is 0.500. The van der Waals surface area contributed by atoms with Crippen LogP contribution < -0.4 is 0 Å². The van der Waals surface area contributed by atoms with Gasteiger partial charge in [-0.3, -0.25) is 4.79 Å². The molecule has 26 heavy (non-hydrogen) atoms. The molecule has 1 spiro atoms. The standard InChI is InChI=1S/C18H23BrN2O5/c1-12-4-5-13(19)10-14(12)15-16(22)18(6-8-20(25-3)9-7-18)21(17(15)23)26-11-24-2/h4-5,10,22H,6-9,11H2,1-3H3. The van der Waals surface area contributed by atoms with E-state index >= 15 is 0 Å². The van der Waals surface area contributed by atoms with Crippen molar-refractivity contribution in [1.29, 1.82) is 0 Å². The molecule has 7 nitrogen and oxygen atoms in total. The van der Waals surface area contributed by atoms with E-state index in [4.69, 9.17) is 14.4 Å². The molecule has 1 aromatic rings. The third-order valence-electron chi connectivity index (χ3n) is 5.04. The Hall–Kier alpha value is -1.45. The average Bonchev–Trinajstić information content (AvgIpc) is 2.83. The summed E-state index contributed by atoms with van der Waals surface area (Å²) in [6.07, 6.45) is 0.997. The number of hydroxylamine groups is 4. The molecule has 0 aliphatic carbocycles. The normalized spacial score (nSPS) is 20.5. The number of benzene rings is 1. The minimum atomic E-state index is -0.908. The van der Waals surface area contributed by atoms with E-state index < -0.39 is 5.54 Å². The fourth-order valence-electron chi connectivity index (χ4n) is 3.60. The molecule has 8 heteroatoms. The van der Waals surface area contributed by atoms with E-state index in [1.165, 1.54) is 12.2 Å². The van der Waals surface area contributed by atoms with Crippen molar-refractivity contribution < 1.29 is 24.3 Å². The third-order valence-corrected chi connectivity index (χ3v) is 5.53. The molecule has 2 aliphatic heterocycles. The summed E-state index contributed by atoms with van der Waals surface area (Å²) in [5.41, 5.74) is 0.972. The molecule has 2 aliphatic rings. The first kappa shape index (κ1) is 19.3. The highest BCUT2D eigenvalue weighted by Crippen LogP contribution is 2.46. The molecule has 1 N–H and O–H groups in total. The van der Waals surface area contributed by atoms with Gasteiger partial charge in [-0.1, -0.05) is 22.0 Å². The Balaban J connectivity index is 2.06. The molecular formula is C18H23BrN2O5. The highest BCUT2D eigenvalue weighted by molar-refractivity contribution is 9.10. The molecule has 2 heterocycles. The van der Waals surface area contributed by atoms with Gasteiger partial charge in [0.2, 0.25) is 0 Å². The summed E-state index contributed by atoms with van der Waals surface area (Å²) in [4.78, 5) is 24.1. The first-order valence-electron chi connectivity index (χ1n) is 8.40. The van der Waals surface area contributed by atoms with E-state index in [2.05, 4.69) is 15.9 Å². The summed E-state index contributed by atoms with van der Waals surface area (Å²) in [7, 11) is 3.11. The Labute approximate surface area is 161 Å². The Morgan fingerprint density at radius 3 is 2.58 bits per heavy atom. The van der Waals surface area contributed by atoms with E-state index in [-0.39, 0.29) is 24.0 Å². The molecule has 0 atom stereocenters. The summed E-state index contributed by atoms with van der Waals surface area (Å²) < 4.78 is 5.83. The fourth-order valence-corrected chi connectivity index (χ4v) is 3.96. The number of ether oxygens (including phenoxy) is 1. The summed E-state index contributed by atoms with van der Waals surface area (Å²) in [6, 6.07) is 5.66. The van der Waals surface area contributed by atoms with Gasteiger partial charge in [0.05, 0.1) is 12.7 Å². The van der Waals surface area contributed by atoms with Crippen LogP contribution in [0.15, 0.2) is 28.4 Å². The summed E-state index contributed by atoms with van der Waals surface area (Å²) in [6.45, 7) is 2.99. The molecule has 1 amide bonds. The monoisotopic (exact) mass is 426 g/mol. The van der Waals surface area contributed by atoms with E-state index in [0.29, 0.717) is 31.5 Å². The van der Waals surface area contributed by atoms with Gasteiger partial charge in [-0.2, -0.15) is 5.06 Å². The quantitative estimate of drug-likeness (QED) is 0.729. The van der Waals surface area contributed by atoms with Crippen LogP contribution in [-0.2, 0) is 19.2 Å². The van der Waals surface area contributed by atoms with Crippen molar-refractivity contribution in [2.75, 3.05) is 34.1 Å². The Kier molecular flexibility index (Phi) is 5.69. The van der Waals surface area contributed by atoms with Crippen molar-refractivity contribution in [3.8, 4) is 0 Å². The minimum Gasteiger partial charge on any atom is -0.509 e. The number of carbonyl (C=O) groups is 1. The van der Waals surface area contributed by atoms with Crippen molar-refractivity contribution in [3.05, 3.63) is 39.6 Å². The zero-order chi connectivity index (χ0) is 18.9. The van der Waals surface area contributed by atoms with Crippen LogP contribution in [0.25, 0.3) is 5.57 Å². The molecule has 142 valence electrons. The van der Waals surface area contributed by atoms with Gasteiger partial charge in [-0.15, -0.1) is 0 Å². The number of aliphatic hydroxyl groups is 1. The van der Waals surface area contributed by atoms with Crippen LogP contribution in [-0.4, -0.2) is 60.8 Å². The maximum atomic E-state index is 13.2. The van der Waals surface area contributed by atoms with Crippen molar-refractivity contribution in [2.24, 2.45) is 0 Å². The predicted molar refractivity (Wildman–Crippen MR) is 98.8 cm³/mol. The van der Waals surface area contributed by atoms with Gasteiger partial charge in [0.1, 0.15) is 11.3 Å². The molecule has 0 unspecified atom stereocenters. The highest BCUT2D eigenvalue weighted by atomic mass is 79.9. The van der Waals surface area contributed by atoms with E-state index in [0.717, 1.165) is 10.0 Å². The topological polar surface area (TPSA) is 71.5 Å². The van der Waals surface area contributed by atoms with Gasteiger partial charge in [0.15, 0.2) is 6.79 Å². The molecule has 1 fully saturated rings. The maximum absolute atomic E-state index is 13.2. The number of aryl methyl sites for hydroxylation is 1. The second kappa shape index (κ2) is 7.66. The third kappa shape index (κ3) is 3.16. The summed E-state index contributed by atoms with van der Waals surface area (Å²) in [5, 5.41) is 14.2. The number of rotatable bonds is 5. The second-order valence-electron chi connectivity index (χ2n) is 6.46. The van der Waals surface area contributed by atoms with Crippen molar-refractivity contribution >= 4 is 27.4 Å². The number of hydrogen-bond donors (Lipinski definition) is 1. The zero-order valence-electron chi connectivity index (χ0n) is 15.1. The molecule has 0 bridgehead atoms. The molecule has 3 rings (SSSR count). The smallest absolute Gasteiger partial charge is 0.282 e. The van der Waals surface area contributed by atoms with Gasteiger partial charge in [-0.25, -0.2) is 9.90 Å². The number of piperidine rings is 1. The number of halogens is 1.